The maximum Gasteiger partial charge on any atom is 0.374 e. The van der Waals surface area contributed by atoms with Gasteiger partial charge in [0, 0.05) is 17.8 Å². The van der Waals surface area contributed by atoms with Gasteiger partial charge in [0.15, 0.2) is 5.43 Å². The van der Waals surface area contributed by atoms with E-state index in [-0.39, 0.29) is 23.4 Å². The first kappa shape index (κ1) is 11.2. The predicted molar refractivity (Wildman–Crippen MR) is 62.9 cm³/mol. The molecule has 0 saturated heterocycles. The fourth-order valence-corrected chi connectivity index (χ4v) is 1.47. The Balaban J connectivity index is 2.61. The van der Waals surface area contributed by atoms with Crippen LogP contribution >= 0.6 is 0 Å². The van der Waals surface area contributed by atoms with Crippen molar-refractivity contribution in [3.8, 4) is 0 Å². The van der Waals surface area contributed by atoms with Gasteiger partial charge in [-0.05, 0) is 19.1 Å². The largest absolute Gasteiger partial charge is 0.460 e. The third-order valence-corrected chi connectivity index (χ3v) is 2.23. The fourth-order valence-electron chi connectivity index (χ4n) is 1.47. The molecule has 1 aromatic heterocycles. The second-order valence-corrected chi connectivity index (χ2v) is 3.45. The van der Waals surface area contributed by atoms with Crippen molar-refractivity contribution in [2.45, 2.75) is 6.92 Å². The third-order valence-electron chi connectivity index (χ3n) is 2.23. The second-order valence-electron chi connectivity index (χ2n) is 3.45. The van der Waals surface area contributed by atoms with Gasteiger partial charge in [0.25, 0.3) is 0 Å². The molecule has 0 radical (unpaired) electrons. The van der Waals surface area contributed by atoms with Crippen LogP contribution in [0.25, 0.3) is 11.0 Å². The molecule has 0 saturated carbocycles. The summed E-state index contributed by atoms with van der Waals surface area (Å²) in [4.78, 5) is 23.2. The van der Waals surface area contributed by atoms with Crippen LogP contribution in [0.3, 0.4) is 0 Å². The van der Waals surface area contributed by atoms with E-state index in [4.69, 9.17) is 14.9 Å². The Hall–Kier alpha value is -2.30. The number of hydrogen-bond acceptors (Lipinski definition) is 5. The van der Waals surface area contributed by atoms with Gasteiger partial charge in [-0.1, -0.05) is 0 Å². The van der Waals surface area contributed by atoms with Crippen molar-refractivity contribution in [1.29, 1.82) is 0 Å². The number of nitrogens with two attached hydrogens (primary N) is 1. The molecule has 0 fully saturated rings. The first-order valence-corrected chi connectivity index (χ1v) is 5.12. The van der Waals surface area contributed by atoms with E-state index in [1.165, 1.54) is 6.07 Å². The van der Waals surface area contributed by atoms with Gasteiger partial charge in [-0.25, -0.2) is 4.79 Å². The third kappa shape index (κ3) is 2.13. The highest BCUT2D eigenvalue weighted by molar-refractivity contribution is 5.89. The molecule has 5 heteroatoms. The van der Waals surface area contributed by atoms with Gasteiger partial charge in [-0.3, -0.25) is 4.79 Å². The summed E-state index contributed by atoms with van der Waals surface area (Å²) in [5.41, 5.74) is 6.02. The monoisotopic (exact) mass is 233 g/mol. The number of hydrogen-bond donors (Lipinski definition) is 1. The fraction of sp³-hybridized carbons (Fsp3) is 0.167. The average molecular weight is 233 g/mol. The molecule has 0 amide bonds. The van der Waals surface area contributed by atoms with Gasteiger partial charge >= 0.3 is 5.97 Å². The minimum atomic E-state index is -0.658. The normalized spacial score (nSPS) is 10.4. The molecule has 0 bridgehead atoms. The van der Waals surface area contributed by atoms with Crippen LogP contribution in [-0.4, -0.2) is 12.6 Å². The van der Waals surface area contributed by atoms with Crippen LogP contribution < -0.4 is 11.2 Å². The van der Waals surface area contributed by atoms with Crippen LogP contribution in [0.1, 0.15) is 17.5 Å². The summed E-state index contributed by atoms with van der Waals surface area (Å²) in [5, 5.41) is 0.382. The number of ether oxygens (including phenoxy) is 1. The summed E-state index contributed by atoms with van der Waals surface area (Å²) in [5.74, 6) is -0.774. The SMILES string of the molecule is CCOC(=O)c1cc(=O)c2ccc(N)cc2o1. The van der Waals surface area contributed by atoms with Crippen molar-refractivity contribution in [3.63, 3.8) is 0 Å². The molecule has 2 N–H and O–H groups in total. The van der Waals surface area contributed by atoms with Crippen LogP contribution in [0, 0.1) is 0 Å². The molecule has 0 unspecified atom stereocenters. The Morgan fingerprint density at radius 1 is 1.41 bits per heavy atom. The highest BCUT2D eigenvalue weighted by atomic mass is 16.5. The maximum absolute atomic E-state index is 11.7. The molecular formula is C12H11NO4. The van der Waals surface area contributed by atoms with E-state index in [2.05, 4.69) is 0 Å². The summed E-state index contributed by atoms with van der Waals surface area (Å²) in [6.45, 7) is 1.90. The molecule has 0 aliphatic carbocycles. The van der Waals surface area contributed by atoms with Crippen LogP contribution in [0.2, 0.25) is 0 Å². The number of benzene rings is 1. The molecule has 1 aromatic carbocycles. The van der Waals surface area contributed by atoms with E-state index >= 15 is 0 Å². The number of esters is 1. The summed E-state index contributed by atoms with van der Waals surface area (Å²) < 4.78 is 10.0. The zero-order chi connectivity index (χ0) is 12.4. The smallest absolute Gasteiger partial charge is 0.374 e. The highest BCUT2D eigenvalue weighted by Crippen LogP contribution is 2.16. The zero-order valence-corrected chi connectivity index (χ0v) is 9.23. The van der Waals surface area contributed by atoms with E-state index in [1.807, 2.05) is 0 Å². The summed E-state index contributed by atoms with van der Waals surface area (Å²) in [7, 11) is 0. The zero-order valence-electron chi connectivity index (χ0n) is 9.23. The highest BCUT2D eigenvalue weighted by Gasteiger charge is 2.13. The van der Waals surface area contributed by atoms with Crippen molar-refractivity contribution in [3.05, 3.63) is 40.2 Å². The summed E-state index contributed by atoms with van der Waals surface area (Å²) in [6.07, 6.45) is 0. The molecule has 0 atom stereocenters. The molecule has 88 valence electrons. The lowest BCUT2D eigenvalue weighted by Crippen LogP contribution is -2.10. The van der Waals surface area contributed by atoms with Gasteiger partial charge in [0.05, 0.1) is 12.0 Å². The number of rotatable bonds is 2. The summed E-state index contributed by atoms with van der Waals surface area (Å²) >= 11 is 0. The van der Waals surface area contributed by atoms with Crippen LogP contribution in [0.15, 0.2) is 33.5 Å². The molecular weight excluding hydrogens is 222 g/mol. The standard InChI is InChI=1S/C12H11NO4/c1-2-16-12(15)11-6-9(14)8-4-3-7(13)5-10(8)17-11/h3-6H,2,13H2,1H3. The van der Waals surface area contributed by atoms with Crippen molar-refractivity contribution in [2.24, 2.45) is 0 Å². The molecule has 5 nitrogen and oxygen atoms in total. The number of fused-ring (bicyclic) bond motifs is 1. The number of anilines is 1. The Morgan fingerprint density at radius 2 is 2.18 bits per heavy atom. The number of nitrogen functional groups attached to an aromatic ring is 1. The van der Waals surface area contributed by atoms with E-state index in [9.17, 15) is 9.59 Å². The van der Waals surface area contributed by atoms with Crippen molar-refractivity contribution in [1.82, 2.24) is 0 Å². The second kappa shape index (κ2) is 4.29. The molecule has 0 aliphatic heterocycles. The first-order valence-electron chi connectivity index (χ1n) is 5.12. The minimum absolute atomic E-state index is 0.116. The van der Waals surface area contributed by atoms with Crippen LogP contribution in [0.4, 0.5) is 5.69 Å². The quantitative estimate of drug-likeness (QED) is 0.628. The van der Waals surface area contributed by atoms with Crippen molar-refractivity contribution < 1.29 is 13.9 Å². The van der Waals surface area contributed by atoms with E-state index in [0.29, 0.717) is 11.1 Å². The Labute approximate surface area is 96.8 Å². The van der Waals surface area contributed by atoms with E-state index in [0.717, 1.165) is 6.07 Å². The minimum Gasteiger partial charge on any atom is -0.460 e. The molecule has 1 heterocycles. The molecule has 2 aromatic rings. The lowest BCUT2D eigenvalue weighted by Gasteiger charge is -2.03. The molecule has 0 aliphatic rings. The van der Waals surface area contributed by atoms with Gasteiger partial charge in [-0.15, -0.1) is 0 Å². The maximum atomic E-state index is 11.7. The average Bonchev–Trinajstić information content (AvgIpc) is 2.28. The molecule has 0 spiro atoms. The van der Waals surface area contributed by atoms with Gasteiger partial charge in [-0.2, -0.15) is 0 Å². The lowest BCUT2D eigenvalue weighted by atomic mass is 10.2. The summed E-state index contributed by atoms with van der Waals surface area (Å²) in [6, 6.07) is 5.78. The van der Waals surface area contributed by atoms with Gasteiger partial charge < -0.3 is 14.9 Å². The van der Waals surface area contributed by atoms with Gasteiger partial charge in [0.1, 0.15) is 5.58 Å². The van der Waals surface area contributed by atoms with Crippen molar-refractivity contribution in [2.75, 3.05) is 12.3 Å². The molecule has 2 rings (SSSR count). The number of carbonyl (C=O) groups is 1. The van der Waals surface area contributed by atoms with Crippen molar-refractivity contribution >= 4 is 22.6 Å². The van der Waals surface area contributed by atoms with E-state index in [1.54, 1.807) is 19.1 Å². The number of carbonyl (C=O) groups excluding carboxylic acids is 1. The topological polar surface area (TPSA) is 82.5 Å². The Bertz CT molecular complexity index is 630. The Kier molecular flexibility index (Phi) is 2.82. The Morgan fingerprint density at radius 3 is 2.88 bits per heavy atom. The van der Waals surface area contributed by atoms with Crippen LogP contribution in [0.5, 0.6) is 0 Å². The lowest BCUT2D eigenvalue weighted by molar-refractivity contribution is 0.0490. The molecule has 17 heavy (non-hydrogen) atoms. The van der Waals surface area contributed by atoms with Gasteiger partial charge in [0.2, 0.25) is 5.76 Å². The predicted octanol–water partition coefficient (Wildman–Crippen LogP) is 1.55. The van der Waals surface area contributed by atoms with E-state index < -0.39 is 5.97 Å². The van der Waals surface area contributed by atoms with Crippen LogP contribution in [-0.2, 0) is 4.74 Å². The first-order chi connectivity index (χ1) is 8.11.